The van der Waals surface area contributed by atoms with Gasteiger partial charge in [-0.3, -0.25) is 4.79 Å². The van der Waals surface area contributed by atoms with Gasteiger partial charge in [-0.25, -0.2) is 9.59 Å². The average molecular weight is 541 g/mol. The average Bonchev–Trinajstić information content (AvgIpc) is 2.88. The molecule has 0 saturated carbocycles. The van der Waals surface area contributed by atoms with Crippen LogP contribution < -0.4 is 14.2 Å². The molecule has 0 heterocycles. The first-order valence-corrected chi connectivity index (χ1v) is 13.0. The van der Waals surface area contributed by atoms with Crippen LogP contribution in [-0.2, 0) is 19.8 Å². The molecular weight excluding hydrogens is 504 g/mol. The summed E-state index contributed by atoms with van der Waals surface area (Å²) in [6, 6.07) is 18.1. The minimum absolute atomic E-state index is 0.271. The number of carbonyl (C=O) groups is 3. The molecule has 0 spiro atoms. The summed E-state index contributed by atoms with van der Waals surface area (Å²) in [5.41, 5.74) is 4.65. The fourth-order valence-corrected chi connectivity index (χ4v) is 3.77. The summed E-state index contributed by atoms with van der Waals surface area (Å²) >= 11 is 0. The van der Waals surface area contributed by atoms with E-state index in [1.54, 1.807) is 52.0 Å². The third-order valence-corrected chi connectivity index (χ3v) is 6.06. The van der Waals surface area contributed by atoms with Gasteiger partial charge in [-0.05, 0) is 77.9 Å². The molecule has 6 nitrogen and oxygen atoms in total. The molecule has 3 rings (SSSR count). The Morgan fingerprint density at radius 3 is 1.48 bits per heavy atom. The second kappa shape index (κ2) is 12.2. The predicted molar refractivity (Wildman–Crippen MR) is 157 cm³/mol. The molecule has 0 atom stereocenters. The number of benzene rings is 3. The van der Waals surface area contributed by atoms with Gasteiger partial charge in [-0.1, -0.05) is 72.0 Å². The summed E-state index contributed by atoms with van der Waals surface area (Å²) in [7, 11) is 0. The monoisotopic (exact) mass is 540 g/mol. The summed E-state index contributed by atoms with van der Waals surface area (Å²) < 4.78 is 16.6. The lowest BCUT2D eigenvalue weighted by atomic mass is 9.80. The molecule has 0 aliphatic carbocycles. The first kappa shape index (κ1) is 30.1. The number of esters is 3. The molecule has 3 aromatic rings. The lowest BCUT2D eigenvalue weighted by molar-refractivity contribution is -0.137. The molecule has 0 bridgehead atoms. The molecule has 0 unspecified atom stereocenters. The predicted octanol–water partition coefficient (Wildman–Crippen LogP) is 7.84. The largest absolute Gasteiger partial charge is 0.426 e. The van der Waals surface area contributed by atoms with Crippen molar-refractivity contribution in [1.82, 2.24) is 0 Å². The standard InChI is InChI=1S/C34H36O6/c1-20(2)31(35)38-25-14-10-23(11-15-25)27-19-30(40-33(37)22(5)6)28(18-29(27)34(7,8)9)24-12-16-26(17-13-24)39-32(36)21(3)4/h10-19,22H,1,3H2,2,4-9H3. The van der Waals surface area contributed by atoms with Gasteiger partial charge in [0.25, 0.3) is 0 Å². The number of carbonyl (C=O) groups excluding carboxylic acids is 3. The van der Waals surface area contributed by atoms with E-state index in [0.717, 1.165) is 27.8 Å². The first-order valence-electron chi connectivity index (χ1n) is 13.0. The van der Waals surface area contributed by atoms with Crippen molar-refractivity contribution in [3.05, 3.63) is 90.5 Å². The Labute approximate surface area is 236 Å². The summed E-state index contributed by atoms with van der Waals surface area (Å²) in [6.07, 6.45) is 0. The number of ether oxygens (including phenoxy) is 3. The van der Waals surface area contributed by atoms with Gasteiger partial charge >= 0.3 is 17.9 Å². The fourth-order valence-electron chi connectivity index (χ4n) is 3.77. The van der Waals surface area contributed by atoms with Gasteiger partial charge in [0, 0.05) is 16.7 Å². The topological polar surface area (TPSA) is 78.9 Å². The van der Waals surface area contributed by atoms with Crippen LogP contribution in [0.4, 0.5) is 0 Å². The second-order valence-corrected chi connectivity index (χ2v) is 11.1. The van der Waals surface area contributed by atoms with Gasteiger partial charge < -0.3 is 14.2 Å². The molecule has 0 radical (unpaired) electrons. The zero-order valence-corrected chi connectivity index (χ0v) is 24.2. The second-order valence-electron chi connectivity index (χ2n) is 11.1. The molecule has 40 heavy (non-hydrogen) atoms. The number of hydrogen-bond donors (Lipinski definition) is 0. The van der Waals surface area contributed by atoms with Crippen LogP contribution >= 0.6 is 0 Å². The maximum atomic E-state index is 12.7. The van der Waals surface area contributed by atoms with E-state index in [0.29, 0.717) is 28.4 Å². The molecule has 0 aromatic heterocycles. The van der Waals surface area contributed by atoms with Gasteiger partial charge in [0.15, 0.2) is 0 Å². The Bertz CT molecular complexity index is 1450. The van der Waals surface area contributed by atoms with Crippen molar-refractivity contribution in [2.75, 3.05) is 0 Å². The van der Waals surface area contributed by atoms with E-state index in [-0.39, 0.29) is 17.3 Å². The maximum Gasteiger partial charge on any atom is 0.338 e. The van der Waals surface area contributed by atoms with Crippen LogP contribution in [-0.4, -0.2) is 17.9 Å². The smallest absolute Gasteiger partial charge is 0.338 e. The Kier molecular flexibility index (Phi) is 9.15. The van der Waals surface area contributed by atoms with Gasteiger partial charge in [0.2, 0.25) is 0 Å². The highest BCUT2D eigenvalue weighted by Gasteiger charge is 2.24. The van der Waals surface area contributed by atoms with Crippen LogP contribution in [0.15, 0.2) is 85.0 Å². The first-order chi connectivity index (χ1) is 18.7. The van der Waals surface area contributed by atoms with E-state index < -0.39 is 11.9 Å². The molecule has 0 N–H and O–H groups in total. The van der Waals surface area contributed by atoms with E-state index in [2.05, 4.69) is 33.9 Å². The molecule has 0 aliphatic rings. The van der Waals surface area contributed by atoms with Crippen molar-refractivity contribution >= 4 is 17.9 Å². The summed E-state index contributed by atoms with van der Waals surface area (Å²) in [5.74, 6) is -0.474. The van der Waals surface area contributed by atoms with Crippen molar-refractivity contribution in [2.24, 2.45) is 5.92 Å². The quantitative estimate of drug-likeness (QED) is 0.164. The molecule has 3 aromatic carbocycles. The van der Waals surface area contributed by atoms with E-state index >= 15 is 0 Å². The third kappa shape index (κ3) is 7.35. The Morgan fingerprint density at radius 1 is 0.675 bits per heavy atom. The Hall–Kier alpha value is -4.45. The SMILES string of the molecule is C=C(C)C(=O)Oc1ccc(-c2cc(C(C)(C)C)c(-c3ccc(OC(=O)C(=C)C)cc3)cc2OC(=O)C(C)C)cc1. The molecule has 0 amide bonds. The van der Waals surface area contributed by atoms with Gasteiger partial charge in [-0.2, -0.15) is 0 Å². The molecule has 0 fully saturated rings. The summed E-state index contributed by atoms with van der Waals surface area (Å²) in [5, 5.41) is 0. The molecule has 6 heteroatoms. The van der Waals surface area contributed by atoms with Crippen LogP contribution in [0.2, 0.25) is 0 Å². The van der Waals surface area contributed by atoms with Crippen molar-refractivity contribution < 1.29 is 28.6 Å². The lowest BCUT2D eigenvalue weighted by Gasteiger charge is -2.26. The third-order valence-electron chi connectivity index (χ3n) is 6.06. The zero-order valence-electron chi connectivity index (χ0n) is 24.2. The van der Waals surface area contributed by atoms with Crippen LogP contribution in [0.5, 0.6) is 17.2 Å². The Morgan fingerprint density at radius 2 is 1.10 bits per heavy atom. The van der Waals surface area contributed by atoms with Crippen molar-refractivity contribution in [2.45, 2.75) is 53.9 Å². The number of hydrogen-bond acceptors (Lipinski definition) is 6. The minimum atomic E-state index is -0.501. The van der Waals surface area contributed by atoms with Crippen molar-refractivity contribution in [3.8, 4) is 39.5 Å². The Balaban J connectivity index is 2.14. The van der Waals surface area contributed by atoms with Crippen LogP contribution in [0.1, 0.15) is 54.0 Å². The van der Waals surface area contributed by atoms with E-state index in [1.807, 2.05) is 36.4 Å². The van der Waals surface area contributed by atoms with Crippen molar-refractivity contribution in [3.63, 3.8) is 0 Å². The van der Waals surface area contributed by atoms with Gasteiger partial charge in [0.1, 0.15) is 17.2 Å². The lowest BCUT2D eigenvalue weighted by Crippen LogP contribution is -2.17. The van der Waals surface area contributed by atoms with Gasteiger partial charge in [-0.15, -0.1) is 0 Å². The highest BCUT2D eigenvalue weighted by atomic mass is 16.5. The summed E-state index contributed by atoms with van der Waals surface area (Å²) in [6.45, 7) is 20.3. The van der Waals surface area contributed by atoms with Crippen LogP contribution in [0.3, 0.4) is 0 Å². The number of rotatable bonds is 8. The van der Waals surface area contributed by atoms with Crippen LogP contribution in [0.25, 0.3) is 22.3 Å². The zero-order chi connectivity index (χ0) is 29.8. The van der Waals surface area contributed by atoms with Crippen LogP contribution in [0, 0.1) is 5.92 Å². The maximum absolute atomic E-state index is 12.7. The summed E-state index contributed by atoms with van der Waals surface area (Å²) in [4.78, 5) is 36.6. The van der Waals surface area contributed by atoms with E-state index in [9.17, 15) is 14.4 Å². The highest BCUT2D eigenvalue weighted by Crippen LogP contribution is 2.42. The van der Waals surface area contributed by atoms with E-state index in [4.69, 9.17) is 14.2 Å². The molecular formula is C34H36O6. The molecule has 0 aliphatic heterocycles. The van der Waals surface area contributed by atoms with E-state index in [1.165, 1.54) is 0 Å². The highest BCUT2D eigenvalue weighted by molar-refractivity contribution is 5.90. The molecule has 0 saturated heterocycles. The fraction of sp³-hybridized carbons (Fsp3) is 0.265. The molecule has 208 valence electrons. The van der Waals surface area contributed by atoms with Crippen molar-refractivity contribution in [1.29, 1.82) is 0 Å². The normalized spacial score (nSPS) is 11.1. The van der Waals surface area contributed by atoms with Gasteiger partial charge in [0.05, 0.1) is 5.92 Å². The minimum Gasteiger partial charge on any atom is -0.426 e.